The lowest BCUT2D eigenvalue weighted by Gasteiger charge is -2.17. The highest BCUT2D eigenvalue weighted by molar-refractivity contribution is 5.84. The summed E-state index contributed by atoms with van der Waals surface area (Å²) >= 11 is 0. The maximum Gasteiger partial charge on any atom is -0.00549 e. The zero-order chi connectivity index (χ0) is 16.6. The van der Waals surface area contributed by atoms with Gasteiger partial charge in [-0.3, -0.25) is 0 Å². The first-order chi connectivity index (χ1) is 11.0. The zero-order valence-electron chi connectivity index (χ0n) is 15.1. The first-order valence-corrected chi connectivity index (χ1v) is 8.95. The number of fused-ring (bicyclic) bond motifs is 1. The predicted molar refractivity (Wildman–Crippen MR) is 102 cm³/mol. The molecule has 0 N–H and O–H groups in total. The SMILES string of the molecule is CCC(C)C1=Cc2c(ccc(C)c2-c2ccccc2C(C)C)C1. The molecule has 0 amide bonds. The van der Waals surface area contributed by atoms with Crippen molar-refractivity contribution in [1.82, 2.24) is 0 Å². The fourth-order valence-electron chi connectivity index (χ4n) is 3.71. The lowest BCUT2D eigenvalue weighted by molar-refractivity contribution is 0.647. The van der Waals surface area contributed by atoms with Crippen molar-refractivity contribution in [2.45, 2.75) is 53.4 Å². The number of hydrogen-bond acceptors (Lipinski definition) is 0. The summed E-state index contributed by atoms with van der Waals surface area (Å²) in [6.45, 7) is 11.5. The molecule has 0 aromatic heterocycles. The molecule has 0 heteroatoms. The summed E-state index contributed by atoms with van der Waals surface area (Å²) < 4.78 is 0. The monoisotopic (exact) mass is 304 g/mol. The van der Waals surface area contributed by atoms with Crippen LogP contribution in [0.2, 0.25) is 0 Å². The number of rotatable bonds is 4. The fraction of sp³-hybridized carbons (Fsp3) is 0.391. The van der Waals surface area contributed by atoms with Gasteiger partial charge in [-0.2, -0.15) is 0 Å². The van der Waals surface area contributed by atoms with E-state index >= 15 is 0 Å². The minimum atomic E-state index is 0.542. The van der Waals surface area contributed by atoms with Gasteiger partial charge in [0.15, 0.2) is 0 Å². The van der Waals surface area contributed by atoms with Crippen molar-refractivity contribution in [1.29, 1.82) is 0 Å². The summed E-state index contributed by atoms with van der Waals surface area (Å²) in [6.07, 6.45) is 4.82. The van der Waals surface area contributed by atoms with E-state index in [0.29, 0.717) is 11.8 Å². The van der Waals surface area contributed by atoms with Crippen LogP contribution < -0.4 is 0 Å². The van der Waals surface area contributed by atoms with Crippen LogP contribution in [-0.2, 0) is 6.42 Å². The molecule has 1 unspecified atom stereocenters. The van der Waals surface area contributed by atoms with Crippen LogP contribution in [0.25, 0.3) is 17.2 Å². The van der Waals surface area contributed by atoms with Gasteiger partial charge in [0, 0.05) is 0 Å². The van der Waals surface area contributed by atoms with Crippen molar-refractivity contribution < 1.29 is 0 Å². The molecule has 120 valence electrons. The molecule has 0 aliphatic heterocycles. The molecule has 0 heterocycles. The Hall–Kier alpha value is -1.82. The number of hydrogen-bond donors (Lipinski definition) is 0. The molecule has 1 aliphatic carbocycles. The van der Waals surface area contributed by atoms with Crippen LogP contribution in [0.4, 0.5) is 0 Å². The highest BCUT2D eigenvalue weighted by Gasteiger charge is 2.22. The van der Waals surface area contributed by atoms with E-state index in [2.05, 4.69) is 77.1 Å². The van der Waals surface area contributed by atoms with Gasteiger partial charge in [-0.05, 0) is 65.0 Å². The highest BCUT2D eigenvalue weighted by Crippen LogP contribution is 2.41. The molecule has 2 aromatic rings. The average molecular weight is 304 g/mol. The quantitative estimate of drug-likeness (QED) is 0.584. The third kappa shape index (κ3) is 2.87. The van der Waals surface area contributed by atoms with Gasteiger partial charge in [0.05, 0.1) is 0 Å². The van der Waals surface area contributed by atoms with Crippen LogP contribution in [0, 0.1) is 12.8 Å². The van der Waals surface area contributed by atoms with Gasteiger partial charge in [0.25, 0.3) is 0 Å². The largest absolute Gasteiger partial charge is 0.0648 e. The molecule has 2 aromatic carbocycles. The second-order valence-corrected chi connectivity index (χ2v) is 7.28. The number of allylic oxidation sites excluding steroid dienone is 1. The zero-order valence-corrected chi connectivity index (χ0v) is 15.1. The van der Waals surface area contributed by atoms with Crippen molar-refractivity contribution >= 4 is 6.08 Å². The van der Waals surface area contributed by atoms with E-state index in [4.69, 9.17) is 0 Å². The Balaban J connectivity index is 2.20. The van der Waals surface area contributed by atoms with Crippen LogP contribution in [-0.4, -0.2) is 0 Å². The molecule has 0 saturated heterocycles. The molecular formula is C23H28. The van der Waals surface area contributed by atoms with E-state index in [-0.39, 0.29) is 0 Å². The summed E-state index contributed by atoms with van der Waals surface area (Å²) in [5.74, 6) is 1.22. The molecule has 23 heavy (non-hydrogen) atoms. The average Bonchev–Trinajstić information content (AvgIpc) is 2.98. The third-order valence-corrected chi connectivity index (χ3v) is 5.37. The second-order valence-electron chi connectivity index (χ2n) is 7.28. The molecule has 0 fully saturated rings. The van der Waals surface area contributed by atoms with Crippen LogP contribution in [0.5, 0.6) is 0 Å². The van der Waals surface area contributed by atoms with Crippen molar-refractivity contribution in [2.24, 2.45) is 5.92 Å². The van der Waals surface area contributed by atoms with Crippen LogP contribution in [0.3, 0.4) is 0 Å². The maximum atomic E-state index is 2.48. The van der Waals surface area contributed by atoms with Crippen molar-refractivity contribution in [3.8, 4) is 11.1 Å². The van der Waals surface area contributed by atoms with Gasteiger partial charge in [-0.25, -0.2) is 0 Å². The summed E-state index contributed by atoms with van der Waals surface area (Å²) in [6, 6.07) is 13.6. The summed E-state index contributed by atoms with van der Waals surface area (Å²) in [7, 11) is 0. The summed E-state index contributed by atoms with van der Waals surface area (Å²) in [5.41, 5.74) is 10.3. The third-order valence-electron chi connectivity index (χ3n) is 5.37. The van der Waals surface area contributed by atoms with Crippen LogP contribution in [0.1, 0.15) is 62.3 Å². The Morgan fingerprint density at radius 2 is 1.74 bits per heavy atom. The minimum absolute atomic E-state index is 0.542. The Morgan fingerprint density at radius 1 is 1.00 bits per heavy atom. The van der Waals surface area contributed by atoms with E-state index in [0.717, 1.165) is 6.42 Å². The van der Waals surface area contributed by atoms with E-state index in [1.54, 1.807) is 5.57 Å². The second kappa shape index (κ2) is 6.35. The van der Waals surface area contributed by atoms with Gasteiger partial charge < -0.3 is 0 Å². The van der Waals surface area contributed by atoms with Crippen LogP contribution >= 0.6 is 0 Å². The smallest absolute Gasteiger partial charge is 0.00549 e. The van der Waals surface area contributed by atoms with Gasteiger partial charge in [-0.15, -0.1) is 0 Å². The molecule has 1 aliphatic rings. The fourth-order valence-corrected chi connectivity index (χ4v) is 3.71. The predicted octanol–water partition coefficient (Wildman–Crippen LogP) is 6.77. The van der Waals surface area contributed by atoms with Crippen molar-refractivity contribution in [2.75, 3.05) is 0 Å². The number of aryl methyl sites for hydroxylation is 1. The normalized spacial score (nSPS) is 14.8. The van der Waals surface area contributed by atoms with Gasteiger partial charge in [-0.1, -0.05) is 75.7 Å². The Bertz CT molecular complexity index is 747. The lowest BCUT2D eigenvalue weighted by atomic mass is 9.87. The molecule has 0 spiro atoms. The van der Waals surface area contributed by atoms with Crippen LogP contribution in [0.15, 0.2) is 42.0 Å². The highest BCUT2D eigenvalue weighted by atomic mass is 14.3. The molecule has 0 saturated carbocycles. The van der Waals surface area contributed by atoms with Gasteiger partial charge in [0.1, 0.15) is 0 Å². The van der Waals surface area contributed by atoms with Gasteiger partial charge >= 0.3 is 0 Å². The Labute approximate surface area is 141 Å². The van der Waals surface area contributed by atoms with E-state index < -0.39 is 0 Å². The van der Waals surface area contributed by atoms with E-state index in [9.17, 15) is 0 Å². The van der Waals surface area contributed by atoms with E-state index in [1.165, 1.54) is 39.8 Å². The minimum Gasteiger partial charge on any atom is -0.0648 e. The van der Waals surface area contributed by atoms with E-state index in [1.807, 2.05) is 0 Å². The molecule has 0 bridgehead atoms. The van der Waals surface area contributed by atoms with Gasteiger partial charge in [0.2, 0.25) is 0 Å². The topological polar surface area (TPSA) is 0 Å². The number of benzene rings is 2. The van der Waals surface area contributed by atoms with Crippen molar-refractivity contribution in [3.05, 3.63) is 64.2 Å². The molecule has 1 atom stereocenters. The Kier molecular flexibility index (Phi) is 4.43. The summed E-state index contributed by atoms with van der Waals surface area (Å²) in [5, 5.41) is 0. The maximum absolute atomic E-state index is 2.48. The standard InChI is InChI=1S/C23H28/c1-6-16(4)19-13-18-12-11-17(5)23(22(18)14-19)21-10-8-7-9-20(21)15(2)3/h7-12,14-16H,6,13H2,1-5H3. The Morgan fingerprint density at radius 3 is 2.43 bits per heavy atom. The molecule has 3 rings (SSSR count). The first-order valence-electron chi connectivity index (χ1n) is 8.95. The molecular weight excluding hydrogens is 276 g/mol. The van der Waals surface area contributed by atoms with Crippen molar-refractivity contribution in [3.63, 3.8) is 0 Å². The summed E-state index contributed by atoms with van der Waals surface area (Å²) in [4.78, 5) is 0. The lowest BCUT2D eigenvalue weighted by Crippen LogP contribution is -1.98. The first kappa shape index (κ1) is 16.1. The molecule has 0 radical (unpaired) electrons. The molecule has 0 nitrogen and oxygen atoms in total.